The van der Waals surface area contributed by atoms with E-state index in [-0.39, 0.29) is 50.2 Å². The van der Waals surface area contributed by atoms with Crippen LogP contribution >= 0.6 is 0 Å². The number of ether oxygens (including phenoxy) is 1. The van der Waals surface area contributed by atoms with Crippen LogP contribution in [0.1, 0.15) is 104 Å². The molecule has 22 heteroatoms. The number of esters is 1. The summed E-state index contributed by atoms with van der Waals surface area (Å²) in [5, 5.41) is 55.5. The second-order valence-corrected chi connectivity index (χ2v) is 20.7. The number of allylic oxidation sites excluding steroid dienone is 1. The first-order valence-electron chi connectivity index (χ1n) is 26.1. The number of rotatable bonds is 17. The number of cyclic esters (lactones) is 1. The normalized spacial score (nSPS) is 27.3. The molecule has 3 aliphatic rings. The largest absolute Gasteiger partial charge is 0.508 e. The number of carbonyl (C=O) groups excluding carboxylic acids is 9. The Morgan fingerprint density at radius 2 is 1.50 bits per heavy atom. The fraction of sp³-hybridized carbons (Fsp3) is 0.574. The number of benzene rings is 2. The van der Waals surface area contributed by atoms with E-state index in [1.54, 1.807) is 56.3 Å². The third-order valence-electron chi connectivity index (χ3n) is 14.3. The Balaban J connectivity index is 1.60. The Labute approximate surface area is 442 Å². The molecule has 13 atom stereocenters. The van der Waals surface area contributed by atoms with Crippen molar-refractivity contribution in [3.05, 3.63) is 77.9 Å². The molecule has 2 aromatic carbocycles. The van der Waals surface area contributed by atoms with Crippen LogP contribution < -0.4 is 32.3 Å². The Hall–Kier alpha value is -6.91. The molecule has 0 spiro atoms. The third-order valence-corrected chi connectivity index (χ3v) is 14.3. The predicted octanol–water partition coefficient (Wildman–Crippen LogP) is 0.119. The van der Waals surface area contributed by atoms with Crippen LogP contribution in [0.2, 0.25) is 0 Å². The van der Waals surface area contributed by atoms with Crippen molar-refractivity contribution >= 4 is 53.2 Å². The van der Waals surface area contributed by atoms with Gasteiger partial charge >= 0.3 is 5.97 Å². The molecular formula is C54H76N8O14. The number of aliphatic hydroxyl groups is 3. The summed E-state index contributed by atoms with van der Waals surface area (Å²) in [6, 6.07) is 4.07. The van der Waals surface area contributed by atoms with Gasteiger partial charge in [0.2, 0.25) is 47.3 Å². The first-order chi connectivity index (χ1) is 36.0. The molecule has 1 unspecified atom stereocenters. The summed E-state index contributed by atoms with van der Waals surface area (Å²) in [5.74, 6) is -9.56. The van der Waals surface area contributed by atoms with Crippen molar-refractivity contribution in [1.29, 1.82) is 0 Å². The maximum Gasteiger partial charge on any atom is 0.329 e. The summed E-state index contributed by atoms with van der Waals surface area (Å²) in [6.07, 6.45) is -2.68. The van der Waals surface area contributed by atoms with Gasteiger partial charge in [0, 0.05) is 26.3 Å². The van der Waals surface area contributed by atoms with Crippen LogP contribution in [-0.4, -0.2) is 157 Å². The van der Waals surface area contributed by atoms with Gasteiger partial charge in [-0.3, -0.25) is 38.4 Å². The number of nitrogens with one attached hydrogen (secondary N) is 5. The zero-order valence-corrected chi connectivity index (χ0v) is 44.1. The number of hydrogen-bond acceptors (Lipinski definition) is 14. The number of hydrogen-bond donors (Lipinski definition) is 10. The van der Waals surface area contributed by atoms with Gasteiger partial charge in [-0.05, 0) is 92.9 Å². The zero-order valence-electron chi connectivity index (χ0n) is 44.1. The van der Waals surface area contributed by atoms with E-state index >= 15 is 0 Å². The highest BCUT2D eigenvalue weighted by Gasteiger charge is 2.46. The molecule has 2 fully saturated rings. The zero-order chi connectivity index (χ0) is 56.0. The van der Waals surface area contributed by atoms with Crippen LogP contribution in [0.15, 0.2) is 66.7 Å². The average Bonchev–Trinajstić information content (AvgIpc) is 3.38. The van der Waals surface area contributed by atoms with Crippen molar-refractivity contribution in [3.63, 3.8) is 0 Å². The molecule has 2 heterocycles. The van der Waals surface area contributed by atoms with Crippen LogP contribution in [0.5, 0.6) is 5.75 Å². The first kappa shape index (κ1) is 60.0. The molecule has 416 valence electrons. The van der Waals surface area contributed by atoms with Gasteiger partial charge in [0.1, 0.15) is 66.5 Å². The first-order valence-corrected chi connectivity index (χ1v) is 26.1. The Morgan fingerprint density at radius 1 is 0.816 bits per heavy atom. The summed E-state index contributed by atoms with van der Waals surface area (Å²) in [4.78, 5) is 131. The van der Waals surface area contributed by atoms with E-state index in [0.717, 1.165) is 4.90 Å². The number of phenolic OH excluding ortho intramolecular Hbond substituents is 1. The summed E-state index contributed by atoms with van der Waals surface area (Å²) in [7, 11) is 1.40. The lowest BCUT2D eigenvalue weighted by Gasteiger charge is -2.43. The maximum absolute atomic E-state index is 14.9. The topological polar surface area (TPSA) is 336 Å². The number of primary amides is 1. The van der Waals surface area contributed by atoms with Crippen molar-refractivity contribution in [2.75, 3.05) is 7.05 Å². The molecule has 0 radical (unpaired) electrons. The summed E-state index contributed by atoms with van der Waals surface area (Å²) >= 11 is 0. The van der Waals surface area contributed by atoms with E-state index in [2.05, 4.69) is 26.6 Å². The van der Waals surface area contributed by atoms with Crippen LogP contribution in [0.4, 0.5) is 0 Å². The highest BCUT2D eigenvalue weighted by molar-refractivity contribution is 5.98. The fourth-order valence-electron chi connectivity index (χ4n) is 9.60. The number of aromatic hydroxyl groups is 1. The molecular weight excluding hydrogens is 985 g/mol. The monoisotopic (exact) mass is 1060 g/mol. The lowest BCUT2D eigenvalue weighted by molar-refractivity contribution is -0.166. The van der Waals surface area contributed by atoms with Gasteiger partial charge in [-0.25, -0.2) is 4.79 Å². The summed E-state index contributed by atoms with van der Waals surface area (Å²) < 4.78 is 5.98. The number of amides is 8. The molecule has 76 heavy (non-hydrogen) atoms. The van der Waals surface area contributed by atoms with Crippen LogP contribution in [-0.2, 0) is 60.7 Å². The smallest absolute Gasteiger partial charge is 0.329 e. The number of aliphatic hydroxyl groups excluding tert-OH is 3. The molecule has 0 saturated carbocycles. The standard InChI is InChI=1S/C54H76N8O14/c1-7-30(4)45-54(75)76-31(5)46(60-47(68)37(21-23-43(55)66)56-50(71)42(65)28-34-15-19-36(64)20-16-34)51(72)58-39(26-33-13-17-35(63)18-14-33)48(69)57-38-22-24-44(67)62(52(38)73)41(25-29(2)3)53(74)61(6)40(49(70)59-45)27-32-11-9-8-10-12-32/h8-13,15-17,19-20,29-31,33,35,37-42,44-46,63-65,67H,7,14,18,21-28H2,1-6H3,(H2,55,66)(H,56,71)(H,57,69)(H,58,72)(H,59,70)(H,60,68)/t30-,31+,33-,35-,37-,38-,39-,40-,41-,42+,44+,45-,46?/m0/s1. The molecule has 22 nitrogen and oxygen atoms in total. The van der Waals surface area contributed by atoms with Crippen LogP contribution in [0.25, 0.3) is 0 Å². The Kier molecular flexibility index (Phi) is 21.9. The number of piperidine rings is 1. The molecule has 2 bridgehead atoms. The minimum Gasteiger partial charge on any atom is -0.508 e. The highest BCUT2D eigenvalue weighted by atomic mass is 16.5. The van der Waals surface area contributed by atoms with Gasteiger partial charge in [-0.15, -0.1) is 0 Å². The van der Waals surface area contributed by atoms with E-state index < -0.39 is 145 Å². The quantitative estimate of drug-likeness (QED) is 0.0744. The molecule has 8 amide bonds. The Bertz CT molecular complexity index is 2400. The van der Waals surface area contributed by atoms with E-state index in [1.807, 2.05) is 13.8 Å². The van der Waals surface area contributed by atoms with E-state index in [9.17, 15) is 63.6 Å². The number of carbonyl (C=O) groups is 9. The number of nitrogens with zero attached hydrogens (tertiary/aromatic N) is 2. The van der Waals surface area contributed by atoms with Gasteiger partial charge in [-0.1, -0.05) is 88.7 Å². The lowest BCUT2D eigenvalue weighted by Crippen LogP contribution is -2.65. The highest BCUT2D eigenvalue weighted by Crippen LogP contribution is 2.28. The van der Waals surface area contributed by atoms with Crippen molar-refractivity contribution < 1.29 is 68.3 Å². The van der Waals surface area contributed by atoms with E-state index in [4.69, 9.17) is 10.5 Å². The predicted molar refractivity (Wildman–Crippen MR) is 275 cm³/mol. The molecule has 1 aliphatic carbocycles. The van der Waals surface area contributed by atoms with Crippen molar-refractivity contribution in [1.82, 2.24) is 36.4 Å². The van der Waals surface area contributed by atoms with Crippen molar-refractivity contribution in [2.45, 2.75) is 172 Å². The average molecular weight is 1060 g/mol. The maximum atomic E-state index is 14.9. The third kappa shape index (κ3) is 16.5. The second kappa shape index (κ2) is 27.8. The molecule has 2 aliphatic heterocycles. The number of likely N-dealkylation sites (N-methyl/N-ethyl adjacent to an activating group) is 1. The number of nitrogens with two attached hydrogens (primary N) is 1. The van der Waals surface area contributed by atoms with Crippen molar-refractivity contribution in [2.24, 2.45) is 23.5 Å². The molecule has 0 aromatic heterocycles. The molecule has 2 aromatic rings. The number of fused-ring (bicyclic) bond motifs is 2. The van der Waals surface area contributed by atoms with Gasteiger partial charge < -0.3 is 67.3 Å². The van der Waals surface area contributed by atoms with Gasteiger partial charge in [0.15, 0.2) is 0 Å². The SMILES string of the molecule is CC[C@H](C)[C@@H]1NC(=O)[C@H](Cc2ccccc2)N(C)C(=O)[C@H](CC(C)C)N2C(=O)[C@H](CC[C@H]2O)NC(=O)[C@H](C[C@H]2C=C[C@H](O)CC2)NC(=O)C(NC(=O)[C@H](CCC(N)=O)NC(=O)[C@H](O)Cc2ccc(O)cc2)[C@@H](C)OC1=O. The fourth-order valence-corrected chi connectivity index (χ4v) is 9.60. The Morgan fingerprint density at radius 3 is 2.12 bits per heavy atom. The van der Waals surface area contributed by atoms with E-state index in [0.29, 0.717) is 30.4 Å². The van der Waals surface area contributed by atoms with Crippen LogP contribution in [0.3, 0.4) is 0 Å². The minimum atomic E-state index is -1.88. The van der Waals surface area contributed by atoms with Gasteiger partial charge in [0.25, 0.3) is 0 Å². The number of phenols is 1. The van der Waals surface area contributed by atoms with Gasteiger partial charge in [0.05, 0.1) is 6.10 Å². The minimum absolute atomic E-state index is 0.0468. The van der Waals surface area contributed by atoms with Crippen LogP contribution in [0, 0.1) is 17.8 Å². The van der Waals surface area contributed by atoms with E-state index in [1.165, 1.54) is 43.1 Å². The molecule has 11 N–H and O–H groups in total. The molecule has 2 saturated heterocycles. The summed E-state index contributed by atoms with van der Waals surface area (Å²) in [5.41, 5.74) is 6.54. The molecule has 5 rings (SSSR count). The second-order valence-electron chi connectivity index (χ2n) is 20.7. The van der Waals surface area contributed by atoms with Gasteiger partial charge in [-0.2, -0.15) is 0 Å². The van der Waals surface area contributed by atoms with Crippen molar-refractivity contribution in [3.8, 4) is 5.75 Å². The summed E-state index contributed by atoms with van der Waals surface area (Å²) in [6.45, 7) is 8.35. The lowest BCUT2D eigenvalue weighted by atomic mass is 9.88.